The third kappa shape index (κ3) is 2.96. The van der Waals surface area contributed by atoms with Crippen LogP contribution in [0.1, 0.15) is 0 Å². The third-order valence-corrected chi connectivity index (χ3v) is 11.3. The Hall–Kier alpha value is 1.38. The summed E-state index contributed by atoms with van der Waals surface area (Å²) in [5.41, 5.74) is 0. The summed E-state index contributed by atoms with van der Waals surface area (Å²) in [6.07, 6.45) is 7.34. The van der Waals surface area contributed by atoms with Gasteiger partial charge in [-0.3, -0.25) is 0 Å². The molecule has 0 aliphatic heterocycles. The van der Waals surface area contributed by atoms with Gasteiger partial charge in [-0.25, -0.2) is 0 Å². The summed E-state index contributed by atoms with van der Waals surface area (Å²) >= 11 is 0. The Labute approximate surface area is 79.8 Å². The number of rotatable bonds is 1. The third-order valence-electron chi connectivity index (χ3n) is 1.48. The van der Waals surface area contributed by atoms with Crippen LogP contribution in [0.3, 0.4) is 0 Å². The Morgan fingerprint density at radius 3 is 1.55 bits per heavy atom. The normalized spacial score (nSPS) is 25.2. The quantitative estimate of drug-likeness (QED) is 0.610. The number of hydrogen-bond donors (Lipinski definition) is 0. The topological polar surface area (TPSA) is 0 Å². The predicted molar refractivity (Wildman–Crippen MR) is 51.3 cm³/mol. The molecule has 0 atom stereocenters. The van der Waals surface area contributed by atoms with Gasteiger partial charge in [0.1, 0.15) is 0 Å². The van der Waals surface area contributed by atoms with Crippen LogP contribution in [0.15, 0.2) is 24.3 Å². The van der Waals surface area contributed by atoms with E-state index in [9.17, 15) is 0 Å². The van der Waals surface area contributed by atoms with Crippen LogP contribution in [-0.4, -0.2) is 0 Å². The van der Waals surface area contributed by atoms with E-state index in [1.165, 1.54) is 0 Å². The van der Waals surface area contributed by atoms with Crippen LogP contribution >= 0.6 is 36.8 Å². The molecule has 1 aliphatic carbocycles. The van der Waals surface area contributed by atoms with Crippen LogP contribution in [0.5, 0.6) is 0 Å². The molecule has 0 bridgehead atoms. The van der Waals surface area contributed by atoms with Gasteiger partial charge in [-0.2, -0.15) is 0 Å². The van der Waals surface area contributed by atoms with Crippen molar-refractivity contribution in [2.45, 2.75) is 9.28 Å². The second-order valence-corrected chi connectivity index (χ2v) is 43.6. The molecular weight excluding hydrogens is 307 g/mol. The zero-order chi connectivity index (χ0) is 8.81. The molecule has 1 rings (SSSR count). The molecular formula is C6H8Cl4Nb. The second kappa shape index (κ2) is 2.24. The fraction of sp³-hybridized carbons (Fsp3) is 0.333. The molecule has 5 heteroatoms. The van der Waals surface area contributed by atoms with Crippen molar-refractivity contribution in [3.63, 3.8) is 0 Å². The van der Waals surface area contributed by atoms with Gasteiger partial charge in [-0.05, 0) is 0 Å². The van der Waals surface area contributed by atoms with E-state index in [2.05, 4.69) is 0 Å². The molecule has 11 heavy (non-hydrogen) atoms. The SMILES string of the molecule is [CH3][Nb]([Cl])([Cl])([Cl])([Cl])[CH]1C=CC=C1. The minimum atomic E-state index is -4.78. The van der Waals surface area contributed by atoms with Crippen molar-refractivity contribution in [3.05, 3.63) is 24.3 Å². The standard InChI is InChI=1S/C5H5.CH3.4ClH.Nb/c1-2-4-5-3-1;;;;;;/h1-5H;1H3;4*1H;/q;;;;;;+4/p-4. The molecule has 0 heterocycles. The van der Waals surface area contributed by atoms with Crippen molar-refractivity contribution >= 4 is 36.8 Å². The molecule has 0 saturated carbocycles. The Morgan fingerprint density at radius 1 is 1.00 bits per heavy atom. The van der Waals surface area contributed by atoms with E-state index in [1.807, 2.05) is 24.3 Å². The van der Waals surface area contributed by atoms with Crippen molar-refractivity contribution in [1.82, 2.24) is 0 Å². The summed E-state index contributed by atoms with van der Waals surface area (Å²) in [4.78, 5) is 0. The van der Waals surface area contributed by atoms with Crippen molar-refractivity contribution in [2.24, 2.45) is 0 Å². The molecule has 0 fully saturated rings. The van der Waals surface area contributed by atoms with Gasteiger partial charge in [-0.15, -0.1) is 0 Å². The number of allylic oxidation sites excluding steroid dienone is 4. The van der Waals surface area contributed by atoms with Gasteiger partial charge in [0.05, 0.1) is 0 Å². The first-order valence-electron chi connectivity index (χ1n) is 3.05. The summed E-state index contributed by atoms with van der Waals surface area (Å²) in [5, 5.41) is 1.56. The van der Waals surface area contributed by atoms with Crippen LogP contribution in [0.25, 0.3) is 0 Å². The molecule has 0 N–H and O–H groups in total. The monoisotopic (exact) mass is 313 g/mol. The van der Waals surface area contributed by atoms with E-state index in [-0.39, 0.29) is 4.14 Å². The maximum atomic E-state index is 6.04. The van der Waals surface area contributed by atoms with Gasteiger partial charge in [-0.1, -0.05) is 0 Å². The minimum absolute atomic E-state index is 0.198. The van der Waals surface area contributed by atoms with Gasteiger partial charge in [0.15, 0.2) is 0 Å². The summed E-state index contributed by atoms with van der Waals surface area (Å²) < 4.78 is -0.198. The maximum absolute atomic E-state index is 6.04. The Balaban J connectivity index is 3.09. The zero-order valence-electron chi connectivity index (χ0n) is 5.85. The molecule has 0 spiro atoms. The average molecular weight is 315 g/mol. The van der Waals surface area contributed by atoms with Crippen LogP contribution in [0.2, 0.25) is 9.28 Å². The molecule has 0 unspecified atom stereocenters. The molecule has 0 radical (unpaired) electrons. The summed E-state index contributed by atoms with van der Waals surface area (Å²) in [5.74, 6) is 0. The second-order valence-electron chi connectivity index (χ2n) is 2.97. The first-order chi connectivity index (χ1) is 4.59. The van der Waals surface area contributed by atoms with Crippen LogP contribution in [0, 0.1) is 0 Å². The summed E-state index contributed by atoms with van der Waals surface area (Å²) in [6.45, 7) is 0. The van der Waals surface area contributed by atoms with Gasteiger partial charge < -0.3 is 0 Å². The van der Waals surface area contributed by atoms with E-state index < -0.39 is 10.2 Å². The number of hydrogen-bond acceptors (Lipinski definition) is 0. The van der Waals surface area contributed by atoms with Crippen molar-refractivity contribution < 1.29 is 10.2 Å². The molecule has 0 aromatic rings. The van der Waals surface area contributed by atoms with Crippen molar-refractivity contribution in [1.29, 1.82) is 0 Å². The molecule has 0 saturated heterocycles. The Morgan fingerprint density at radius 2 is 1.36 bits per heavy atom. The fourth-order valence-corrected chi connectivity index (χ4v) is 6.55. The molecule has 0 aromatic heterocycles. The molecule has 0 aromatic carbocycles. The van der Waals surface area contributed by atoms with Gasteiger partial charge >= 0.3 is 80.5 Å². The Bertz CT molecular complexity index is 219. The van der Waals surface area contributed by atoms with Gasteiger partial charge in [0, 0.05) is 0 Å². The summed E-state index contributed by atoms with van der Waals surface area (Å²) in [6, 6.07) is 0. The first kappa shape index (κ1) is 10.5. The molecule has 65 valence electrons. The molecule has 0 amide bonds. The van der Waals surface area contributed by atoms with E-state index in [0.717, 1.165) is 0 Å². The van der Waals surface area contributed by atoms with E-state index in [1.54, 1.807) is 5.14 Å². The number of halogens is 4. The van der Waals surface area contributed by atoms with Crippen LogP contribution in [0.4, 0.5) is 0 Å². The van der Waals surface area contributed by atoms with Gasteiger partial charge in [0.25, 0.3) is 0 Å². The van der Waals surface area contributed by atoms with Gasteiger partial charge in [0.2, 0.25) is 0 Å². The predicted octanol–water partition coefficient (Wildman–Crippen LogP) is 4.79. The van der Waals surface area contributed by atoms with Crippen molar-refractivity contribution in [2.75, 3.05) is 0 Å². The molecule has 1 aliphatic rings. The summed E-state index contributed by atoms with van der Waals surface area (Å²) in [7, 11) is 19.4. The molecule has 0 nitrogen and oxygen atoms in total. The van der Waals surface area contributed by atoms with E-state index in [0.29, 0.717) is 0 Å². The fourth-order valence-electron chi connectivity index (χ4n) is 0.853. The van der Waals surface area contributed by atoms with E-state index in [4.69, 9.17) is 36.8 Å². The first-order valence-corrected chi connectivity index (χ1v) is 17.8. The van der Waals surface area contributed by atoms with Crippen LogP contribution in [-0.2, 0) is 10.2 Å². The van der Waals surface area contributed by atoms with E-state index >= 15 is 0 Å². The Kier molecular flexibility index (Phi) is 2.13. The average Bonchev–Trinajstić information content (AvgIpc) is 2.01. The zero-order valence-corrected chi connectivity index (χ0v) is 11.1. The van der Waals surface area contributed by atoms with Crippen molar-refractivity contribution in [3.8, 4) is 0 Å². The van der Waals surface area contributed by atoms with Crippen LogP contribution < -0.4 is 0 Å².